The summed E-state index contributed by atoms with van der Waals surface area (Å²) < 4.78 is 0. The van der Waals surface area contributed by atoms with Crippen molar-refractivity contribution in [1.29, 1.82) is 0 Å². The number of hydrogen-bond donors (Lipinski definition) is 0. The lowest BCUT2D eigenvalue weighted by molar-refractivity contribution is -0.117. The van der Waals surface area contributed by atoms with E-state index >= 15 is 0 Å². The number of hydrogen-bond acceptors (Lipinski definition) is 2. The van der Waals surface area contributed by atoms with Crippen molar-refractivity contribution < 1.29 is 9.59 Å². The summed E-state index contributed by atoms with van der Waals surface area (Å²) in [6, 6.07) is 4.12. The highest BCUT2D eigenvalue weighted by Gasteiger charge is 2.07. The summed E-state index contributed by atoms with van der Waals surface area (Å²) in [4.78, 5) is 21.8. The molecule has 0 bridgehead atoms. The Kier molecular flexibility index (Phi) is 11.3. The molecule has 0 aliphatic carbocycles. The minimum Gasteiger partial charge on any atom is -0.300 e. The summed E-state index contributed by atoms with van der Waals surface area (Å²) in [5.74, 6) is 0.493. The normalized spacial score (nSPS) is 10.0. The number of rotatable bonds is 8. The van der Waals surface area contributed by atoms with Crippen molar-refractivity contribution in [1.82, 2.24) is 0 Å². The van der Waals surface area contributed by atoms with Crippen LogP contribution in [0.2, 0.25) is 0 Å². The Morgan fingerprint density at radius 2 is 1.52 bits per heavy atom. The van der Waals surface area contributed by atoms with Crippen molar-refractivity contribution >= 4 is 11.6 Å². The summed E-state index contributed by atoms with van der Waals surface area (Å²) in [5.41, 5.74) is 4.47. The van der Waals surface area contributed by atoms with Gasteiger partial charge < -0.3 is 4.79 Å². The molecule has 0 heterocycles. The average Bonchev–Trinajstić information content (AvgIpc) is 2.49. The predicted octanol–water partition coefficient (Wildman–Crippen LogP) is 6.00. The number of ketones is 2. The van der Waals surface area contributed by atoms with Crippen molar-refractivity contribution in [3.8, 4) is 0 Å². The number of aryl methyl sites for hydroxylation is 2. The van der Waals surface area contributed by atoms with E-state index in [0.29, 0.717) is 5.78 Å². The number of unbranched alkanes of at least 4 members (excludes halogenated alkanes) is 4. The molecule has 1 rings (SSSR count). The second-order valence-corrected chi connectivity index (χ2v) is 6.37. The van der Waals surface area contributed by atoms with Gasteiger partial charge in [-0.05, 0) is 57.7 Å². The summed E-state index contributed by atoms with van der Waals surface area (Å²) >= 11 is 0. The van der Waals surface area contributed by atoms with Gasteiger partial charge in [0.1, 0.15) is 5.78 Å². The van der Waals surface area contributed by atoms with Crippen LogP contribution in [-0.2, 0) is 11.2 Å². The molecule has 0 saturated heterocycles. The molecule has 0 aromatic heterocycles. The zero-order chi connectivity index (χ0) is 17.8. The lowest BCUT2D eigenvalue weighted by atomic mass is 9.96. The number of Topliss-reactive ketones (excluding diaryl/α,β-unsaturated/α-hetero) is 2. The summed E-state index contributed by atoms with van der Waals surface area (Å²) in [6.45, 7) is 11.7. The lowest BCUT2D eigenvalue weighted by Crippen LogP contribution is -2.00. The highest BCUT2D eigenvalue weighted by molar-refractivity contribution is 5.96. The van der Waals surface area contributed by atoms with E-state index in [1.807, 2.05) is 19.9 Å². The summed E-state index contributed by atoms with van der Waals surface area (Å²) in [5, 5.41) is 0. The third-order valence-corrected chi connectivity index (χ3v) is 4.05. The van der Waals surface area contributed by atoms with Crippen LogP contribution in [0.4, 0.5) is 0 Å². The molecular formula is C21H34O2. The molecule has 2 nitrogen and oxygen atoms in total. The van der Waals surface area contributed by atoms with Crippen molar-refractivity contribution in [2.45, 2.75) is 86.5 Å². The summed E-state index contributed by atoms with van der Waals surface area (Å²) in [6.07, 6.45) is 7.99. The fraction of sp³-hybridized carbons (Fsp3) is 0.619. The smallest absolute Gasteiger partial charge is 0.160 e. The Bertz CT molecular complexity index is 501. The minimum atomic E-state index is 0.163. The van der Waals surface area contributed by atoms with E-state index in [9.17, 15) is 9.59 Å². The SMILES string of the molecule is CCCCCCCC(C)=O.CCc1cc(C)cc(C(C)=O)c1C. The average molecular weight is 319 g/mol. The van der Waals surface area contributed by atoms with E-state index in [-0.39, 0.29) is 5.78 Å². The van der Waals surface area contributed by atoms with Crippen LogP contribution in [0.1, 0.15) is 93.3 Å². The van der Waals surface area contributed by atoms with Gasteiger partial charge in [0.15, 0.2) is 5.78 Å². The fourth-order valence-corrected chi connectivity index (χ4v) is 2.64. The van der Waals surface area contributed by atoms with Crippen LogP contribution >= 0.6 is 0 Å². The van der Waals surface area contributed by atoms with E-state index < -0.39 is 0 Å². The molecule has 0 spiro atoms. The maximum absolute atomic E-state index is 11.3. The van der Waals surface area contributed by atoms with Crippen LogP contribution in [0.25, 0.3) is 0 Å². The van der Waals surface area contributed by atoms with Gasteiger partial charge in [-0.25, -0.2) is 0 Å². The largest absolute Gasteiger partial charge is 0.300 e. The molecule has 0 aliphatic heterocycles. The topological polar surface area (TPSA) is 34.1 Å². The van der Waals surface area contributed by atoms with E-state index in [1.165, 1.54) is 36.8 Å². The quantitative estimate of drug-likeness (QED) is 0.435. The lowest BCUT2D eigenvalue weighted by Gasteiger charge is -2.09. The van der Waals surface area contributed by atoms with Crippen molar-refractivity contribution in [2.75, 3.05) is 0 Å². The molecule has 0 saturated carbocycles. The van der Waals surface area contributed by atoms with E-state index in [1.54, 1.807) is 13.8 Å². The summed E-state index contributed by atoms with van der Waals surface area (Å²) in [7, 11) is 0. The zero-order valence-corrected chi connectivity index (χ0v) is 15.9. The Morgan fingerprint density at radius 1 is 0.913 bits per heavy atom. The molecule has 0 atom stereocenters. The van der Waals surface area contributed by atoms with Gasteiger partial charge in [0.2, 0.25) is 0 Å². The van der Waals surface area contributed by atoms with Gasteiger partial charge in [0.05, 0.1) is 0 Å². The van der Waals surface area contributed by atoms with Gasteiger partial charge in [-0.2, -0.15) is 0 Å². The Morgan fingerprint density at radius 3 is 2.00 bits per heavy atom. The highest BCUT2D eigenvalue weighted by Crippen LogP contribution is 2.17. The fourth-order valence-electron chi connectivity index (χ4n) is 2.64. The molecule has 0 fully saturated rings. The number of benzene rings is 1. The van der Waals surface area contributed by atoms with E-state index in [2.05, 4.69) is 19.9 Å². The second kappa shape index (κ2) is 12.0. The van der Waals surface area contributed by atoms with Gasteiger partial charge in [0.25, 0.3) is 0 Å². The zero-order valence-electron chi connectivity index (χ0n) is 15.9. The van der Waals surface area contributed by atoms with Crippen molar-refractivity contribution in [3.05, 3.63) is 34.4 Å². The Hall–Kier alpha value is -1.44. The Labute approximate surface area is 142 Å². The highest BCUT2D eigenvalue weighted by atomic mass is 16.1. The van der Waals surface area contributed by atoms with Crippen LogP contribution in [0, 0.1) is 13.8 Å². The molecule has 23 heavy (non-hydrogen) atoms. The molecule has 0 unspecified atom stereocenters. The van der Waals surface area contributed by atoms with Crippen molar-refractivity contribution in [3.63, 3.8) is 0 Å². The van der Waals surface area contributed by atoms with Gasteiger partial charge in [0, 0.05) is 12.0 Å². The Balaban J connectivity index is 0.000000438. The first-order chi connectivity index (χ1) is 10.8. The third-order valence-electron chi connectivity index (χ3n) is 4.05. The molecule has 1 aromatic rings. The molecule has 2 heteroatoms. The van der Waals surface area contributed by atoms with Gasteiger partial charge in [-0.1, -0.05) is 51.2 Å². The van der Waals surface area contributed by atoms with Crippen LogP contribution in [0.3, 0.4) is 0 Å². The van der Waals surface area contributed by atoms with E-state index in [0.717, 1.165) is 30.4 Å². The van der Waals surface area contributed by atoms with Gasteiger partial charge in [-0.3, -0.25) is 4.79 Å². The monoisotopic (exact) mass is 318 g/mol. The standard InChI is InChI=1S/C12H16O.C9H18O/c1-5-11-6-8(2)7-12(9(11)3)10(4)13;1-3-4-5-6-7-8-9(2)10/h6-7H,5H2,1-4H3;3-8H2,1-2H3. The van der Waals surface area contributed by atoms with Crippen molar-refractivity contribution in [2.24, 2.45) is 0 Å². The first-order valence-corrected chi connectivity index (χ1v) is 8.93. The van der Waals surface area contributed by atoms with Crippen LogP contribution in [-0.4, -0.2) is 11.6 Å². The minimum absolute atomic E-state index is 0.163. The molecule has 0 N–H and O–H groups in total. The molecular weight excluding hydrogens is 284 g/mol. The van der Waals surface area contributed by atoms with Crippen LogP contribution in [0.15, 0.2) is 12.1 Å². The predicted molar refractivity (Wildman–Crippen MR) is 99.4 cm³/mol. The number of carbonyl (C=O) groups is 2. The van der Waals surface area contributed by atoms with Crippen LogP contribution < -0.4 is 0 Å². The molecule has 1 aromatic carbocycles. The maximum atomic E-state index is 11.3. The van der Waals surface area contributed by atoms with Crippen LogP contribution in [0.5, 0.6) is 0 Å². The third kappa shape index (κ3) is 9.32. The van der Waals surface area contributed by atoms with Gasteiger partial charge >= 0.3 is 0 Å². The van der Waals surface area contributed by atoms with E-state index in [4.69, 9.17) is 0 Å². The first kappa shape index (κ1) is 21.6. The van der Waals surface area contributed by atoms with Gasteiger partial charge in [-0.15, -0.1) is 0 Å². The molecule has 130 valence electrons. The maximum Gasteiger partial charge on any atom is 0.160 e. The first-order valence-electron chi connectivity index (χ1n) is 8.93. The molecule has 0 amide bonds. The molecule has 0 aliphatic rings. The number of carbonyl (C=O) groups excluding carboxylic acids is 2. The second-order valence-electron chi connectivity index (χ2n) is 6.37. The molecule has 0 radical (unpaired) electrons.